The number of hydrogen-bond acceptors (Lipinski definition) is 7. The molecule has 3 rings (SSSR count). The Morgan fingerprint density at radius 1 is 1.36 bits per heavy atom. The van der Waals surface area contributed by atoms with E-state index in [1.807, 2.05) is 17.8 Å². The summed E-state index contributed by atoms with van der Waals surface area (Å²) in [6.45, 7) is 6.59. The average molecular weight is 337 g/mol. The summed E-state index contributed by atoms with van der Waals surface area (Å²) in [6.07, 6.45) is 1.70. The second-order valence-corrected chi connectivity index (χ2v) is 6.91. The Morgan fingerprint density at radius 2 is 2.18 bits per heavy atom. The predicted octanol–water partition coefficient (Wildman–Crippen LogP) is 1.74. The lowest BCUT2D eigenvalue weighted by atomic mass is 10.2. The molecule has 1 aliphatic rings. The van der Waals surface area contributed by atoms with Gasteiger partial charge in [0.15, 0.2) is 5.13 Å². The van der Waals surface area contributed by atoms with E-state index >= 15 is 0 Å². The molecular weight excluding hydrogens is 318 g/mol. The van der Waals surface area contributed by atoms with E-state index in [2.05, 4.69) is 30.5 Å². The van der Waals surface area contributed by atoms with Gasteiger partial charge in [-0.1, -0.05) is 0 Å². The van der Waals surface area contributed by atoms with Crippen molar-refractivity contribution in [2.24, 2.45) is 0 Å². The molecule has 3 heterocycles. The molecule has 0 bridgehead atoms. The van der Waals surface area contributed by atoms with Gasteiger partial charge in [-0.25, -0.2) is 9.97 Å². The van der Waals surface area contributed by atoms with Crippen molar-refractivity contribution in [1.29, 1.82) is 0 Å². The van der Waals surface area contributed by atoms with E-state index in [0.29, 0.717) is 5.13 Å². The van der Waals surface area contributed by atoms with Gasteiger partial charge in [-0.05, 0) is 6.92 Å². The van der Waals surface area contributed by atoms with Gasteiger partial charge in [-0.2, -0.15) is 0 Å². The van der Waals surface area contributed by atoms with E-state index in [0.717, 1.165) is 38.4 Å². The fourth-order valence-electron chi connectivity index (χ4n) is 2.51. The Labute approximate surface area is 137 Å². The lowest BCUT2D eigenvalue weighted by Gasteiger charge is -2.37. The standard InChI is InChI=1S/C14H19N5OS2/c1-11(13(20)17-14-15-2-7-22-14)19-5-3-18(4-6-19)8-12-9-21-10-16-12/h2,7,9-11H,3-6,8H2,1H3,(H,15,17,20)/t11-/m1/s1. The highest BCUT2D eigenvalue weighted by Gasteiger charge is 2.26. The zero-order valence-corrected chi connectivity index (χ0v) is 14.1. The third kappa shape index (κ3) is 3.89. The second-order valence-electron chi connectivity index (χ2n) is 5.29. The van der Waals surface area contributed by atoms with Crippen LogP contribution >= 0.6 is 22.7 Å². The zero-order chi connectivity index (χ0) is 15.4. The molecule has 0 spiro atoms. The monoisotopic (exact) mass is 337 g/mol. The van der Waals surface area contributed by atoms with Crippen LogP contribution in [0.25, 0.3) is 0 Å². The molecule has 2 aromatic heterocycles. The Kier molecular flexibility index (Phi) is 5.14. The highest BCUT2D eigenvalue weighted by molar-refractivity contribution is 7.13. The highest BCUT2D eigenvalue weighted by atomic mass is 32.1. The fourth-order valence-corrected chi connectivity index (χ4v) is 3.60. The van der Waals surface area contributed by atoms with E-state index in [1.54, 1.807) is 17.5 Å². The van der Waals surface area contributed by atoms with Crippen molar-refractivity contribution in [3.8, 4) is 0 Å². The number of piperazine rings is 1. The maximum absolute atomic E-state index is 12.2. The molecule has 0 radical (unpaired) electrons. The van der Waals surface area contributed by atoms with Crippen molar-refractivity contribution in [2.45, 2.75) is 19.5 Å². The molecule has 1 amide bonds. The summed E-state index contributed by atoms with van der Waals surface area (Å²) in [6, 6.07) is -0.134. The number of amides is 1. The van der Waals surface area contributed by atoms with Gasteiger partial charge in [0.1, 0.15) is 0 Å². The van der Waals surface area contributed by atoms with Crippen molar-refractivity contribution >= 4 is 33.7 Å². The molecule has 1 atom stereocenters. The van der Waals surface area contributed by atoms with Gasteiger partial charge in [0.2, 0.25) is 5.91 Å². The number of hydrogen-bond donors (Lipinski definition) is 1. The molecule has 1 aliphatic heterocycles. The number of aromatic nitrogens is 2. The van der Waals surface area contributed by atoms with Gasteiger partial charge >= 0.3 is 0 Å². The Morgan fingerprint density at radius 3 is 2.82 bits per heavy atom. The maximum atomic E-state index is 12.2. The highest BCUT2D eigenvalue weighted by Crippen LogP contribution is 2.14. The Bertz CT molecular complexity index is 578. The first-order valence-corrected chi connectivity index (χ1v) is 9.08. The van der Waals surface area contributed by atoms with Gasteiger partial charge in [0, 0.05) is 49.7 Å². The van der Waals surface area contributed by atoms with Gasteiger partial charge in [-0.3, -0.25) is 14.6 Å². The summed E-state index contributed by atoms with van der Waals surface area (Å²) >= 11 is 3.08. The Balaban J connectivity index is 1.47. The first-order chi connectivity index (χ1) is 10.7. The van der Waals surface area contributed by atoms with Gasteiger partial charge < -0.3 is 5.32 Å². The predicted molar refractivity (Wildman–Crippen MR) is 89.2 cm³/mol. The van der Waals surface area contributed by atoms with Crippen molar-refractivity contribution < 1.29 is 4.79 Å². The number of carbonyl (C=O) groups is 1. The van der Waals surface area contributed by atoms with Crippen LogP contribution in [0.4, 0.5) is 5.13 Å². The van der Waals surface area contributed by atoms with Crippen molar-refractivity contribution in [3.05, 3.63) is 28.2 Å². The molecule has 1 fully saturated rings. The zero-order valence-electron chi connectivity index (χ0n) is 12.4. The third-order valence-electron chi connectivity index (χ3n) is 3.87. The van der Waals surface area contributed by atoms with Gasteiger partial charge in [0.05, 0.1) is 17.2 Å². The molecule has 1 N–H and O–H groups in total. The van der Waals surface area contributed by atoms with Crippen molar-refractivity contribution in [1.82, 2.24) is 19.8 Å². The molecule has 118 valence electrons. The summed E-state index contributed by atoms with van der Waals surface area (Å²) in [5.74, 6) is 0.0166. The van der Waals surface area contributed by atoms with Crippen LogP contribution in [-0.4, -0.2) is 57.9 Å². The van der Waals surface area contributed by atoms with Crippen LogP contribution < -0.4 is 5.32 Å². The van der Waals surface area contributed by atoms with Crippen LogP contribution in [0.15, 0.2) is 22.5 Å². The average Bonchev–Trinajstić information content (AvgIpc) is 3.21. The van der Waals surface area contributed by atoms with E-state index in [1.165, 1.54) is 11.3 Å². The summed E-state index contributed by atoms with van der Waals surface area (Å²) in [5.41, 5.74) is 3.00. The topological polar surface area (TPSA) is 61.4 Å². The minimum absolute atomic E-state index is 0.0166. The first-order valence-electron chi connectivity index (χ1n) is 7.26. The van der Waals surface area contributed by atoms with Crippen molar-refractivity contribution in [2.75, 3.05) is 31.5 Å². The maximum Gasteiger partial charge on any atom is 0.243 e. The van der Waals surface area contributed by atoms with E-state index in [-0.39, 0.29) is 11.9 Å². The number of carbonyl (C=O) groups excluding carboxylic acids is 1. The van der Waals surface area contributed by atoms with Crippen molar-refractivity contribution in [3.63, 3.8) is 0 Å². The van der Waals surface area contributed by atoms with Crippen LogP contribution in [0, 0.1) is 0 Å². The number of thiazole rings is 2. The molecule has 0 unspecified atom stereocenters. The summed E-state index contributed by atoms with van der Waals surface area (Å²) in [7, 11) is 0. The summed E-state index contributed by atoms with van der Waals surface area (Å²) in [5, 5.41) is 7.49. The summed E-state index contributed by atoms with van der Waals surface area (Å²) < 4.78 is 0. The molecule has 6 nitrogen and oxygen atoms in total. The largest absolute Gasteiger partial charge is 0.301 e. The van der Waals surface area contributed by atoms with Gasteiger partial charge in [0.25, 0.3) is 0 Å². The molecule has 2 aromatic rings. The lowest BCUT2D eigenvalue weighted by molar-refractivity contribution is -0.121. The van der Waals surface area contributed by atoms with Crippen LogP contribution in [0.1, 0.15) is 12.6 Å². The quantitative estimate of drug-likeness (QED) is 0.900. The number of nitrogens with one attached hydrogen (secondary N) is 1. The fraction of sp³-hybridized carbons (Fsp3) is 0.500. The number of rotatable bonds is 5. The number of nitrogens with zero attached hydrogens (tertiary/aromatic N) is 4. The summed E-state index contributed by atoms with van der Waals surface area (Å²) in [4.78, 5) is 25.3. The van der Waals surface area contributed by atoms with E-state index < -0.39 is 0 Å². The second kappa shape index (κ2) is 7.28. The third-order valence-corrected chi connectivity index (χ3v) is 5.19. The van der Waals surface area contributed by atoms with E-state index in [4.69, 9.17) is 0 Å². The SMILES string of the molecule is C[C@H](C(=O)Nc1nccs1)N1CCN(Cc2cscn2)CC1. The molecule has 0 saturated carbocycles. The smallest absolute Gasteiger partial charge is 0.243 e. The minimum Gasteiger partial charge on any atom is -0.301 e. The normalized spacial score (nSPS) is 18.2. The molecular formula is C14H19N5OS2. The van der Waals surface area contributed by atoms with Gasteiger partial charge in [-0.15, -0.1) is 22.7 Å². The Hall–Kier alpha value is -1.35. The van der Waals surface area contributed by atoms with Crippen LogP contribution in [0.2, 0.25) is 0 Å². The molecule has 22 heavy (non-hydrogen) atoms. The lowest BCUT2D eigenvalue weighted by Crippen LogP contribution is -2.52. The van der Waals surface area contributed by atoms with Crippen LogP contribution in [0.3, 0.4) is 0 Å². The van der Waals surface area contributed by atoms with Crippen LogP contribution in [0.5, 0.6) is 0 Å². The molecule has 0 aromatic carbocycles. The van der Waals surface area contributed by atoms with Crippen LogP contribution in [-0.2, 0) is 11.3 Å². The minimum atomic E-state index is -0.134. The molecule has 8 heteroatoms. The first kappa shape index (κ1) is 15.5. The number of anilines is 1. The molecule has 1 saturated heterocycles. The van der Waals surface area contributed by atoms with E-state index in [9.17, 15) is 4.79 Å². The molecule has 0 aliphatic carbocycles.